The molecule has 0 amide bonds. The molecule has 1 N–H and O–H groups in total. The second-order valence-electron chi connectivity index (χ2n) is 4.45. The van der Waals surface area contributed by atoms with E-state index in [1.165, 1.54) is 12.1 Å². The number of anilines is 1. The molecular formula is C13H10F2N2O3S. The van der Waals surface area contributed by atoms with E-state index in [1.807, 2.05) is 4.72 Å². The summed E-state index contributed by atoms with van der Waals surface area (Å²) < 4.78 is 57.9. The number of rotatable bonds is 3. The fourth-order valence-corrected chi connectivity index (χ4v) is 3.13. The number of benzene rings is 1. The van der Waals surface area contributed by atoms with Gasteiger partial charge in [-0.1, -0.05) is 0 Å². The number of nitrogens with zero attached hydrogens (tertiary/aromatic N) is 1. The van der Waals surface area contributed by atoms with E-state index in [-0.39, 0.29) is 4.90 Å². The molecule has 1 aromatic carbocycles. The minimum absolute atomic E-state index is 0.0181. The van der Waals surface area contributed by atoms with Gasteiger partial charge in [0.15, 0.2) is 0 Å². The highest BCUT2D eigenvalue weighted by Gasteiger charge is 2.20. The van der Waals surface area contributed by atoms with Crippen LogP contribution in [0.1, 0.15) is 5.56 Å². The Hall–Kier alpha value is -2.22. The van der Waals surface area contributed by atoms with E-state index >= 15 is 0 Å². The molecule has 1 aliphatic rings. The Labute approximate surface area is 119 Å². The van der Waals surface area contributed by atoms with Crippen molar-refractivity contribution < 1.29 is 21.9 Å². The van der Waals surface area contributed by atoms with Gasteiger partial charge in [0.25, 0.3) is 10.0 Å². The first kappa shape index (κ1) is 13.7. The zero-order valence-electron chi connectivity index (χ0n) is 10.6. The van der Waals surface area contributed by atoms with Gasteiger partial charge in [-0.05, 0) is 35.9 Å². The molecule has 0 saturated heterocycles. The Morgan fingerprint density at radius 2 is 2.00 bits per heavy atom. The molecule has 1 aromatic heterocycles. The summed E-state index contributed by atoms with van der Waals surface area (Å²) in [5, 5.41) is 0. The number of hydrogen-bond acceptors (Lipinski definition) is 4. The third-order valence-corrected chi connectivity index (χ3v) is 4.39. The third kappa shape index (κ3) is 2.66. The molecular weight excluding hydrogens is 302 g/mol. The van der Waals surface area contributed by atoms with E-state index in [0.29, 0.717) is 18.8 Å². The summed E-state index contributed by atoms with van der Waals surface area (Å²) in [7, 11) is -3.98. The number of fused-ring (bicyclic) bond motifs is 1. The van der Waals surface area contributed by atoms with Gasteiger partial charge in [0.1, 0.15) is 11.4 Å². The topological polar surface area (TPSA) is 68.3 Å². The van der Waals surface area contributed by atoms with Crippen LogP contribution in [0.15, 0.2) is 35.2 Å². The summed E-state index contributed by atoms with van der Waals surface area (Å²) in [6.45, 7) is 0.503. The molecule has 1 aliphatic heterocycles. The lowest BCUT2D eigenvalue weighted by Gasteiger charge is -2.09. The molecule has 5 nitrogen and oxygen atoms in total. The minimum Gasteiger partial charge on any atom is -0.493 e. The van der Waals surface area contributed by atoms with Crippen LogP contribution in [-0.4, -0.2) is 20.0 Å². The number of halogens is 2. The molecule has 0 radical (unpaired) electrons. The number of aromatic nitrogens is 1. The van der Waals surface area contributed by atoms with Gasteiger partial charge >= 0.3 is 0 Å². The highest BCUT2D eigenvalue weighted by Crippen LogP contribution is 2.28. The van der Waals surface area contributed by atoms with Crippen LogP contribution in [0.2, 0.25) is 0 Å². The predicted molar refractivity (Wildman–Crippen MR) is 70.6 cm³/mol. The maximum absolute atomic E-state index is 13.4. The van der Waals surface area contributed by atoms with Crippen LogP contribution in [0.3, 0.4) is 0 Å². The molecule has 110 valence electrons. The summed E-state index contributed by atoms with van der Waals surface area (Å²) in [4.78, 5) is 2.91. The summed E-state index contributed by atoms with van der Waals surface area (Å²) >= 11 is 0. The van der Waals surface area contributed by atoms with Crippen LogP contribution in [0.5, 0.6) is 5.75 Å². The summed E-state index contributed by atoms with van der Waals surface area (Å²) in [5.74, 6) is -1.60. The monoisotopic (exact) mass is 312 g/mol. The molecule has 0 bridgehead atoms. The van der Waals surface area contributed by atoms with Gasteiger partial charge in [-0.25, -0.2) is 8.42 Å². The van der Waals surface area contributed by atoms with E-state index in [4.69, 9.17) is 4.74 Å². The number of ether oxygens (including phenoxy) is 1. The SMILES string of the molecule is O=S(=O)(Nc1ccc(F)nc1F)c1ccc2c(c1)CCO2. The number of sulfonamides is 1. The summed E-state index contributed by atoms with van der Waals surface area (Å²) in [6.07, 6.45) is 0.616. The molecule has 8 heteroatoms. The molecule has 2 aromatic rings. The summed E-state index contributed by atoms with van der Waals surface area (Å²) in [6, 6.07) is 6.24. The average molecular weight is 312 g/mol. The molecule has 0 unspecified atom stereocenters. The molecule has 2 heterocycles. The van der Waals surface area contributed by atoms with Crippen molar-refractivity contribution in [2.75, 3.05) is 11.3 Å². The largest absolute Gasteiger partial charge is 0.493 e. The van der Waals surface area contributed by atoms with E-state index in [1.54, 1.807) is 6.07 Å². The van der Waals surface area contributed by atoms with Crippen LogP contribution >= 0.6 is 0 Å². The molecule has 0 atom stereocenters. The predicted octanol–water partition coefficient (Wildman–Crippen LogP) is 2.10. The lowest BCUT2D eigenvalue weighted by atomic mass is 10.2. The highest BCUT2D eigenvalue weighted by molar-refractivity contribution is 7.92. The second kappa shape index (κ2) is 4.96. The van der Waals surface area contributed by atoms with Crippen LogP contribution in [-0.2, 0) is 16.4 Å². The smallest absolute Gasteiger partial charge is 0.262 e. The van der Waals surface area contributed by atoms with Crippen LogP contribution in [0, 0.1) is 11.9 Å². The molecule has 0 fully saturated rings. The Morgan fingerprint density at radius 3 is 2.76 bits per heavy atom. The van der Waals surface area contributed by atoms with E-state index < -0.39 is 27.6 Å². The summed E-state index contributed by atoms with van der Waals surface area (Å²) in [5.41, 5.74) is 0.365. The van der Waals surface area contributed by atoms with Crippen LogP contribution in [0.4, 0.5) is 14.5 Å². The van der Waals surface area contributed by atoms with Crippen molar-refractivity contribution in [1.29, 1.82) is 0 Å². The molecule has 21 heavy (non-hydrogen) atoms. The Balaban J connectivity index is 1.93. The average Bonchev–Trinajstić information content (AvgIpc) is 2.89. The van der Waals surface area contributed by atoms with Gasteiger partial charge in [0, 0.05) is 6.42 Å². The lowest BCUT2D eigenvalue weighted by Crippen LogP contribution is -2.14. The Kier molecular flexibility index (Phi) is 3.25. The van der Waals surface area contributed by atoms with E-state index in [2.05, 4.69) is 4.98 Å². The second-order valence-corrected chi connectivity index (χ2v) is 6.13. The lowest BCUT2D eigenvalue weighted by molar-refractivity contribution is 0.356. The standard InChI is InChI=1S/C13H10F2N2O3S/c14-12-4-2-10(13(15)16-12)17-21(18,19)9-1-3-11-8(7-9)5-6-20-11/h1-4,7,17H,5-6H2. The Morgan fingerprint density at radius 1 is 1.19 bits per heavy atom. The maximum Gasteiger partial charge on any atom is 0.262 e. The molecule has 0 aliphatic carbocycles. The van der Waals surface area contributed by atoms with Gasteiger partial charge in [0.2, 0.25) is 11.9 Å². The first-order valence-electron chi connectivity index (χ1n) is 6.06. The zero-order valence-corrected chi connectivity index (χ0v) is 11.5. The normalized spacial score (nSPS) is 13.6. The number of nitrogens with one attached hydrogen (secondary N) is 1. The first-order chi connectivity index (χ1) is 9.95. The molecule has 3 rings (SSSR count). The van der Waals surface area contributed by atoms with Gasteiger partial charge < -0.3 is 4.74 Å². The third-order valence-electron chi connectivity index (χ3n) is 3.03. The first-order valence-corrected chi connectivity index (χ1v) is 7.54. The van der Waals surface area contributed by atoms with Gasteiger partial charge in [-0.3, -0.25) is 4.72 Å². The molecule has 0 saturated carbocycles. The van der Waals surface area contributed by atoms with Crippen molar-refractivity contribution in [3.63, 3.8) is 0 Å². The van der Waals surface area contributed by atoms with Crippen LogP contribution in [0.25, 0.3) is 0 Å². The van der Waals surface area contributed by atoms with E-state index in [9.17, 15) is 17.2 Å². The Bertz CT molecular complexity index is 809. The van der Waals surface area contributed by atoms with Crippen LogP contribution < -0.4 is 9.46 Å². The van der Waals surface area contributed by atoms with Gasteiger partial charge in [0.05, 0.1) is 11.5 Å². The number of hydrogen-bond donors (Lipinski definition) is 1. The van der Waals surface area contributed by atoms with Gasteiger partial charge in [-0.15, -0.1) is 0 Å². The van der Waals surface area contributed by atoms with Gasteiger partial charge in [-0.2, -0.15) is 13.8 Å². The van der Waals surface area contributed by atoms with Crippen molar-refractivity contribution in [3.8, 4) is 5.75 Å². The fourth-order valence-electron chi connectivity index (χ4n) is 2.02. The molecule has 0 spiro atoms. The van der Waals surface area contributed by atoms with Crippen molar-refractivity contribution in [2.45, 2.75) is 11.3 Å². The highest BCUT2D eigenvalue weighted by atomic mass is 32.2. The van der Waals surface area contributed by atoms with Crippen molar-refractivity contribution in [1.82, 2.24) is 4.98 Å². The van der Waals surface area contributed by atoms with Crippen molar-refractivity contribution in [3.05, 3.63) is 47.8 Å². The quantitative estimate of drug-likeness (QED) is 0.881. The van der Waals surface area contributed by atoms with E-state index in [0.717, 1.165) is 17.7 Å². The number of pyridine rings is 1. The fraction of sp³-hybridized carbons (Fsp3) is 0.154. The zero-order chi connectivity index (χ0) is 15.0. The van der Waals surface area contributed by atoms with Crippen molar-refractivity contribution in [2.24, 2.45) is 0 Å². The minimum atomic E-state index is -3.98. The van der Waals surface area contributed by atoms with Crippen molar-refractivity contribution >= 4 is 15.7 Å². The maximum atomic E-state index is 13.4.